The van der Waals surface area contributed by atoms with Crippen molar-refractivity contribution in [2.45, 2.75) is 25.5 Å². The average Bonchev–Trinajstić information content (AvgIpc) is 3.13. The van der Waals surface area contributed by atoms with E-state index in [1.165, 1.54) is 6.33 Å². The topological polar surface area (TPSA) is 111 Å². The number of nitrogens with zero attached hydrogens (tertiary/aromatic N) is 3. The zero-order chi connectivity index (χ0) is 16.9. The zero-order valence-electron chi connectivity index (χ0n) is 13.7. The van der Waals surface area contributed by atoms with Crippen molar-refractivity contribution in [1.29, 1.82) is 0 Å². The van der Waals surface area contributed by atoms with Crippen LogP contribution in [0.3, 0.4) is 0 Å². The summed E-state index contributed by atoms with van der Waals surface area (Å²) in [5.74, 6) is 2.77. The molecule has 0 amide bonds. The van der Waals surface area contributed by atoms with Gasteiger partial charge in [-0.25, -0.2) is 9.97 Å². The van der Waals surface area contributed by atoms with E-state index in [0.29, 0.717) is 18.3 Å². The first-order valence-corrected chi connectivity index (χ1v) is 9.50. The van der Waals surface area contributed by atoms with E-state index in [1.54, 1.807) is 0 Å². The molecule has 0 bridgehead atoms. The Hall–Kier alpha value is -1.35. The third-order valence-electron chi connectivity index (χ3n) is 4.48. The molecule has 2 atom stereocenters. The Balaban J connectivity index is 1.54. The van der Waals surface area contributed by atoms with Gasteiger partial charge in [0.25, 0.3) is 0 Å². The Kier molecular flexibility index (Phi) is 5.94. The van der Waals surface area contributed by atoms with Crippen LogP contribution < -0.4 is 5.73 Å². The van der Waals surface area contributed by atoms with Crippen molar-refractivity contribution in [3.05, 3.63) is 18.1 Å². The standard InChI is InChI=1S/C16H25N5O2S/c17-16-15-14(19-10-20-16)11(5-18-15)6-21-7-12(13(23)8-21)9-24-4-2-1-3-22/h5,10,12-13,18,22-23H,1-4,6-9H2,(H2,17,19,20)/t12-,13?/m1/s1. The van der Waals surface area contributed by atoms with Crippen LogP contribution in [-0.4, -0.2) is 67.4 Å². The molecule has 3 heterocycles. The van der Waals surface area contributed by atoms with E-state index in [1.807, 2.05) is 18.0 Å². The molecule has 1 aliphatic rings. The predicted molar refractivity (Wildman–Crippen MR) is 96.7 cm³/mol. The molecule has 8 heteroatoms. The summed E-state index contributed by atoms with van der Waals surface area (Å²) in [6, 6.07) is 0. The van der Waals surface area contributed by atoms with Crippen molar-refractivity contribution in [2.24, 2.45) is 5.92 Å². The second-order valence-electron chi connectivity index (χ2n) is 6.32. The highest BCUT2D eigenvalue weighted by atomic mass is 32.2. The van der Waals surface area contributed by atoms with Gasteiger partial charge in [-0.1, -0.05) is 0 Å². The lowest BCUT2D eigenvalue weighted by Crippen LogP contribution is -2.21. The summed E-state index contributed by atoms with van der Waals surface area (Å²) < 4.78 is 0. The number of anilines is 1. The molecule has 1 aliphatic heterocycles. The van der Waals surface area contributed by atoms with Crippen molar-refractivity contribution >= 4 is 28.6 Å². The highest BCUT2D eigenvalue weighted by Crippen LogP contribution is 2.26. The lowest BCUT2D eigenvalue weighted by molar-refractivity contribution is 0.149. The molecule has 1 unspecified atom stereocenters. The van der Waals surface area contributed by atoms with Crippen molar-refractivity contribution in [1.82, 2.24) is 19.9 Å². The number of nitrogens with one attached hydrogen (secondary N) is 1. The summed E-state index contributed by atoms with van der Waals surface area (Å²) in [7, 11) is 0. The van der Waals surface area contributed by atoms with Crippen molar-refractivity contribution in [3.63, 3.8) is 0 Å². The van der Waals surface area contributed by atoms with E-state index in [-0.39, 0.29) is 12.7 Å². The summed E-state index contributed by atoms with van der Waals surface area (Å²) in [6.45, 7) is 2.59. The largest absolute Gasteiger partial charge is 0.396 e. The third kappa shape index (κ3) is 4.00. The molecule has 5 N–H and O–H groups in total. The Morgan fingerprint density at radius 3 is 3.04 bits per heavy atom. The van der Waals surface area contributed by atoms with Gasteiger partial charge in [-0.3, -0.25) is 4.90 Å². The number of rotatable bonds is 8. The number of hydrogen-bond acceptors (Lipinski definition) is 7. The smallest absolute Gasteiger partial charge is 0.151 e. The van der Waals surface area contributed by atoms with E-state index in [9.17, 15) is 5.11 Å². The number of aliphatic hydroxyl groups is 2. The summed E-state index contributed by atoms with van der Waals surface area (Å²) in [6.07, 6.45) is 5.03. The van der Waals surface area contributed by atoms with Crippen LogP contribution in [-0.2, 0) is 6.54 Å². The number of thioether (sulfide) groups is 1. The quantitative estimate of drug-likeness (QED) is 0.521. The fourth-order valence-electron chi connectivity index (χ4n) is 3.16. The molecule has 2 aromatic heterocycles. The molecule has 7 nitrogen and oxygen atoms in total. The maximum absolute atomic E-state index is 10.3. The fraction of sp³-hybridized carbons (Fsp3) is 0.625. The van der Waals surface area contributed by atoms with Crippen LogP contribution in [0.15, 0.2) is 12.5 Å². The fourth-order valence-corrected chi connectivity index (χ4v) is 4.36. The summed E-state index contributed by atoms with van der Waals surface area (Å²) in [4.78, 5) is 13.7. The molecule has 24 heavy (non-hydrogen) atoms. The Morgan fingerprint density at radius 2 is 2.21 bits per heavy atom. The van der Waals surface area contributed by atoms with Crippen LogP contribution in [0.25, 0.3) is 11.0 Å². The number of fused-ring (bicyclic) bond motifs is 1. The number of unbranched alkanes of at least 4 members (excludes halogenated alkanes) is 1. The number of hydrogen-bond donors (Lipinski definition) is 4. The number of H-pyrrole nitrogens is 1. The second-order valence-corrected chi connectivity index (χ2v) is 7.47. The summed E-state index contributed by atoms with van der Waals surface area (Å²) in [5.41, 5.74) is 8.58. The first-order chi connectivity index (χ1) is 11.7. The number of aliphatic hydroxyl groups excluding tert-OH is 2. The third-order valence-corrected chi connectivity index (χ3v) is 5.72. The summed E-state index contributed by atoms with van der Waals surface area (Å²) in [5, 5.41) is 19.1. The molecular weight excluding hydrogens is 326 g/mol. The van der Waals surface area contributed by atoms with Crippen molar-refractivity contribution in [2.75, 3.05) is 36.9 Å². The van der Waals surface area contributed by atoms with Crippen LogP contribution in [0.4, 0.5) is 5.82 Å². The lowest BCUT2D eigenvalue weighted by atomic mass is 10.1. The molecule has 0 aromatic carbocycles. The zero-order valence-corrected chi connectivity index (χ0v) is 14.5. The van der Waals surface area contributed by atoms with E-state index < -0.39 is 0 Å². The van der Waals surface area contributed by atoms with Gasteiger partial charge in [0, 0.05) is 43.9 Å². The minimum Gasteiger partial charge on any atom is -0.396 e. The molecule has 0 aliphatic carbocycles. The SMILES string of the molecule is Nc1ncnc2c(CN3CC(O)[C@@H](CSCCCCO)C3)c[nH]c12. The molecule has 1 fully saturated rings. The van der Waals surface area contributed by atoms with Crippen molar-refractivity contribution < 1.29 is 10.2 Å². The van der Waals surface area contributed by atoms with Gasteiger partial charge in [-0.05, 0) is 24.3 Å². The van der Waals surface area contributed by atoms with Gasteiger partial charge in [0.15, 0.2) is 5.82 Å². The number of aromatic amines is 1. The number of likely N-dealkylation sites (tertiary alicyclic amines) is 1. The van der Waals surface area contributed by atoms with Gasteiger partial charge in [-0.15, -0.1) is 0 Å². The van der Waals surface area contributed by atoms with Crippen molar-refractivity contribution in [3.8, 4) is 0 Å². The van der Waals surface area contributed by atoms with Gasteiger partial charge in [-0.2, -0.15) is 11.8 Å². The predicted octanol–water partition coefficient (Wildman–Crippen LogP) is 0.838. The number of β-amino-alcohol motifs (C(OH)–C–C–N with tert-alkyl or cyclic N) is 1. The molecule has 2 aromatic rings. The van der Waals surface area contributed by atoms with E-state index >= 15 is 0 Å². The van der Waals surface area contributed by atoms with E-state index in [4.69, 9.17) is 10.8 Å². The van der Waals surface area contributed by atoms with Crippen LogP contribution in [0, 0.1) is 5.92 Å². The first kappa shape index (κ1) is 17.5. The number of nitrogen functional groups attached to an aromatic ring is 1. The van der Waals surface area contributed by atoms with Gasteiger partial charge in [0.2, 0.25) is 0 Å². The minimum atomic E-state index is -0.278. The molecule has 3 rings (SSSR count). The maximum Gasteiger partial charge on any atom is 0.151 e. The number of aromatic nitrogens is 3. The molecular formula is C16H25N5O2S. The Morgan fingerprint density at radius 1 is 1.33 bits per heavy atom. The Bertz CT molecular complexity index is 665. The highest BCUT2D eigenvalue weighted by Gasteiger charge is 2.31. The van der Waals surface area contributed by atoms with Crippen LogP contribution in [0.1, 0.15) is 18.4 Å². The summed E-state index contributed by atoms with van der Waals surface area (Å²) >= 11 is 1.87. The van der Waals surface area contributed by atoms with E-state index in [2.05, 4.69) is 19.9 Å². The highest BCUT2D eigenvalue weighted by molar-refractivity contribution is 7.99. The van der Waals surface area contributed by atoms with E-state index in [0.717, 1.165) is 54.0 Å². The van der Waals surface area contributed by atoms with Gasteiger partial charge in [0.1, 0.15) is 11.8 Å². The maximum atomic E-state index is 10.3. The van der Waals surface area contributed by atoms with Crippen LogP contribution in [0.5, 0.6) is 0 Å². The molecule has 0 saturated carbocycles. The van der Waals surface area contributed by atoms with Crippen LogP contribution >= 0.6 is 11.8 Å². The van der Waals surface area contributed by atoms with Gasteiger partial charge < -0.3 is 20.9 Å². The molecule has 0 radical (unpaired) electrons. The molecule has 0 spiro atoms. The monoisotopic (exact) mass is 351 g/mol. The molecule has 1 saturated heterocycles. The average molecular weight is 351 g/mol. The lowest BCUT2D eigenvalue weighted by Gasteiger charge is -2.14. The van der Waals surface area contributed by atoms with Gasteiger partial charge in [0.05, 0.1) is 11.6 Å². The first-order valence-electron chi connectivity index (χ1n) is 8.34. The number of nitrogens with two attached hydrogens (primary N) is 1. The molecule has 132 valence electrons. The van der Waals surface area contributed by atoms with Gasteiger partial charge >= 0.3 is 0 Å². The second kappa shape index (κ2) is 8.15. The minimum absolute atomic E-state index is 0.263. The Labute approximate surface area is 145 Å². The normalized spacial score (nSPS) is 21.8. The van der Waals surface area contributed by atoms with Crippen LogP contribution in [0.2, 0.25) is 0 Å².